The van der Waals surface area contributed by atoms with Gasteiger partial charge in [-0.05, 0) is 24.5 Å². The van der Waals surface area contributed by atoms with Crippen LogP contribution in [0.4, 0.5) is 5.69 Å². The van der Waals surface area contributed by atoms with Crippen LogP contribution in [0.15, 0.2) is 64.5 Å². The van der Waals surface area contributed by atoms with Gasteiger partial charge < -0.3 is 22.5 Å². The molecule has 14 heteroatoms. The first-order valence-electron chi connectivity index (χ1n) is 10.5. The monoisotopic (exact) mass is 505 g/mol. The minimum absolute atomic E-state index is 0.0701. The topological polar surface area (TPSA) is 226 Å². The number of nitrogens with two attached hydrogens (primary N) is 3. The van der Waals surface area contributed by atoms with Gasteiger partial charge in [0.25, 0.3) is 5.69 Å². The average Bonchev–Trinajstić information content (AvgIpc) is 2.80. The highest BCUT2D eigenvalue weighted by Crippen LogP contribution is 2.23. The van der Waals surface area contributed by atoms with Crippen LogP contribution in [0.2, 0.25) is 0 Å². The first-order valence-corrected chi connectivity index (χ1v) is 11.9. The molecule has 2 atom stereocenters. The highest BCUT2D eigenvalue weighted by molar-refractivity contribution is 7.89. The van der Waals surface area contributed by atoms with Gasteiger partial charge >= 0.3 is 0 Å². The number of primary amides is 1. The normalized spacial score (nSPS) is 12.8. The van der Waals surface area contributed by atoms with Crippen molar-refractivity contribution in [1.29, 1.82) is 0 Å². The molecule has 0 bridgehead atoms. The van der Waals surface area contributed by atoms with E-state index in [1.807, 2.05) is 0 Å². The van der Waals surface area contributed by atoms with Crippen LogP contribution in [0.3, 0.4) is 0 Å². The van der Waals surface area contributed by atoms with E-state index in [1.54, 1.807) is 30.3 Å². The summed E-state index contributed by atoms with van der Waals surface area (Å²) in [4.78, 5) is 38.7. The van der Waals surface area contributed by atoms with Crippen molar-refractivity contribution < 1.29 is 22.9 Å². The minimum Gasteiger partial charge on any atom is -0.370 e. The van der Waals surface area contributed by atoms with Gasteiger partial charge in [-0.3, -0.25) is 24.7 Å². The number of benzene rings is 2. The predicted molar refractivity (Wildman–Crippen MR) is 128 cm³/mol. The smallest absolute Gasteiger partial charge is 0.289 e. The third-order valence-electron chi connectivity index (χ3n) is 4.85. The fourth-order valence-electron chi connectivity index (χ4n) is 3.18. The molecule has 188 valence electrons. The zero-order valence-electron chi connectivity index (χ0n) is 18.7. The second-order valence-electron chi connectivity index (χ2n) is 7.50. The molecule has 0 saturated heterocycles. The van der Waals surface area contributed by atoms with Crippen LogP contribution in [0.25, 0.3) is 0 Å². The lowest BCUT2D eigenvalue weighted by Crippen LogP contribution is -2.53. The van der Waals surface area contributed by atoms with Crippen LogP contribution in [-0.4, -0.2) is 49.7 Å². The predicted octanol–water partition coefficient (Wildman–Crippen LogP) is -0.492. The molecule has 8 N–H and O–H groups in total. The molecule has 1 unspecified atom stereocenters. The Balaban J connectivity index is 2.28. The zero-order valence-corrected chi connectivity index (χ0v) is 19.5. The molecule has 0 spiro atoms. The SMILES string of the molecule is NC(=O)[C@H](Cc1ccccc1)NC(=O)C(CCCN=C(N)N)NS(=O)(=O)c1ccccc1[N+](=O)[O-]. The number of nitrogens with zero attached hydrogens (tertiary/aromatic N) is 2. The molecule has 2 rings (SSSR count). The van der Waals surface area contributed by atoms with Crippen molar-refractivity contribution in [2.24, 2.45) is 22.2 Å². The molecule has 0 radical (unpaired) electrons. The van der Waals surface area contributed by atoms with E-state index in [9.17, 15) is 28.1 Å². The summed E-state index contributed by atoms with van der Waals surface area (Å²) in [6, 6.07) is 11.0. The van der Waals surface area contributed by atoms with Gasteiger partial charge in [0.05, 0.1) is 4.92 Å². The number of aliphatic imine (C=N–C) groups is 1. The first-order chi connectivity index (χ1) is 16.5. The number of carbonyl (C=O) groups is 2. The Morgan fingerprint density at radius 1 is 1.00 bits per heavy atom. The molecule has 2 aromatic rings. The number of sulfonamides is 1. The van der Waals surface area contributed by atoms with E-state index in [1.165, 1.54) is 12.1 Å². The molecule has 0 aliphatic carbocycles. The number of hydrogen-bond acceptors (Lipinski definition) is 7. The molecule has 13 nitrogen and oxygen atoms in total. The van der Waals surface area contributed by atoms with Gasteiger partial charge in [-0.25, -0.2) is 8.42 Å². The third-order valence-corrected chi connectivity index (χ3v) is 6.37. The van der Waals surface area contributed by atoms with E-state index in [-0.39, 0.29) is 31.8 Å². The number of nitro benzene ring substituents is 1. The number of nitro groups is 1. The number of amides is 2. The van der Waals surface area contributed by atoms with Gasteiger partial charge in [-0.1, -0.05) is 42.5 Å². The fraction of sp³-hybridized carbons (Fsp3) is 0.286. The Bertz CT molecular complexity index is 1180. The maximum absolute atomic E-state index is 13.0. The van der Waals surface area contributed by atoms with Crippen LogP contribution in [0, 0.1) is 10.1 Å². The lowest BCUT2D eigenvalue weighted by Gasteiger charge is -2.22. The molecule has 0 saturated carbocycles. The number of para-hydroxylation sites is 1. The summed E-state index contributed by atoms with van der Waals surface area (Å²) < 4.78 is 28.1. The van der Waals surface area contributed by atoms with E-state index >= 15 is 0 Å². The standard InChI is InChI=1S/C21H27N7O6S/c22-19(29)16(13-14-7-2-1-3-8-14)26-20(30)15(9-6-12-25-21(23)24)27-35(33,34)18-11-5-4-10-17(18)28(31)32/h1-5,7-8,10-11,15-16,27H,6,9,12-13H2,(H2,22,29)(H,26,30)(H4,23,24,25)/t15?,16-/m0/s1. The van der Waals surface area contributed by atoms with E-state index in [0.717, 1.165) is 17.7 Å². The van der Waals surface area contributed by atoms with Crippen LogP contribution in [0.1, 0.15) is 18.4 Å². The lowest BCUT2D eigenvalue weighted by molar-refractivity contribution is -0.387. The second-order valence-corrected chi connectivity index (χ2v) is 9.18. The van der Waals surface area contributed by atoms with Crippen LogP contribution < -0.4 is 27.2 Å². The summed E-state index contributed by atoms with van der Waals surface area (Å²) in [7, 11) is -4.50. The summed E-state index contributed by atoms with van der Waals surface area (Å²) in [5, 5.41) is 13.8. The van der Waals surface area contributed by atoms with E-state index in [4.69, 9.17) is 17.2 Å². The number of rotatable bonds is 13. The van der Waals surface area contributed by atoms with Crippen LogP contribution >= 0.6 is 0 Å². The van der Waals surface area contributed by atoms with Crippen LogP contribution in [-0.2, 0) is 26.0 Å². The van der Waals surface area contributed by atoms with Gasteiger partial charge in [-0.2, -0.15) is 4.72 Å². The summed E-state index contributed by atoms with van der Waals surface area (Å²) in [6.45, 7) is 0.0998. The van der Waals surface area contributed by atoms with Gasteiger partial charge in [0.15, 0.2) is 10.9 Å². The number of hydrogen-bond donors (Lipinski definition) is 5. The van der Waals surface area contributed by atoms with Crippen molar-refractivity contribution in [2.75, 3.05) is 6.54 Å². The molecular formula is C21H27N7O6S. The number of carbonyl (C=O) groups excluding carboxylic acids is 2. The molecular weight excluding hydrogens is 478 g/mol. The van der Waals surface area contributed by atoms with E-state index in [0.29, 0.717) is 0 Å². The Labute approximate surface area is 202 Å². The Morgan fingerprint density at radius 3 is 2.23 bits per heavy atom. The van der Waals surface area contributed by atoms with Crippen molar-refractivity contribution in [1.82, 2.24) is 10.0 Å². The van der Waals surface area contributed by atoms with Crippen molar-refractivity contribution in [3.05, 3.63) is 70.3 Å². The minimum atomic E-state index is -4.50. The lowest BCUT2D eigenvalue weighted by atomic mass is 10.0. The maximum Gasteiger partial charge on any atom is 0.289 e. The van der Waals surface area contributed by atoms with Crippen LogP contribution in [0.5, 0.6) is 0 Å². The molecule has 0 aliphatic heterocycles. The molecule has 0 aromatic heterocycles. The van der Waals surface area contributed by atoms with Gasteiger partial charge in [0.1, 0.15) is 12.1 Å². The summed E-state index contributed by atoms with van der Waals surface area (Å²) in [5.41, 5.74) is 16.1. The molecule has 0 heterocycles. The number of nitrogens with one attached hydrogen (secondary N) is 2. The van der Waals surface area contributed by atoms with E-state index < -0.39 is 49.4 Å². The van der Waals surface area contributed by atoms with Crippen molar-refractivity contribution >= 4 is 33.5 Å². The quantitative estimate of drug-likeness (QED) is 0.0782. The van der Waals surface area contributed by atoms with E-state index in [2.05, 4.69) is 15.0 Å². The highest BCUT2D eigenvalue weighted by atomic mass is 32.2. The van der Waals surface area contributed by atoms with Crippen molar-refractivity contribution in [3.63, 3.8) is 0 Å². The molecule has 35 heavy (non-hydrogen) atoms. The molecule has 0 aliphatic rings. The Hall–Kier alpha value is -4.04. The maximum atomic E-state index is 13.0. The van der Waals surface area contributed by atoms with Crippen molar-refractivity contribution in [3.8, 4) is 0 Å². The molecule has 2 amide bonds. The summed E-state index contributed by atoms with van der Waals surface area (Å²) >= 11 is 0. The third kappa shape index (κ3) is 8.35. The molecule has 2 aromatic carbocycles. The highest BCUT2D eigenvalue weighted by Gasteiger charge is 2.32. The first kappa shape index (κ1) is 27.2. The van der Waals surface area contributed by atoms with Crippen molar-refractivity contribution in [2.45, 2.75) is 36.2 Å². The Morgan fingerprint density at radius 2 is 1.63 bits per heavy atom. The van der Waals surface area contributed by atoms with Gasteiger partial charge in [-0.15, -0.1) is 0 Å². The summed E-state index contributed by atoms with van der Waals surface area (Å²) in [5.74, 6) is -1.83. The fourth-order valence-corrected chi connectivity index (χ4v) is 4.58. The molecule has 0 fully saturated rings. The van der Waals surface area contributed by atoms with Gasteiger partial charge in [0.2, 0.25) is 21.8 Å². The Kier molecular flexibility index (Phi) is 9.66. The van der Waals surface area contributed by atoms with Gasteiger partial charge in [0, 0.05) is 19.0 Å². The average molecular weight is 506 g/mol. The summed E-state index contributed by atoms with van der Waals surface area (Å²) in [6.07, 6.45) is 0.203. The second kappa shape index (κ2) is 12.4. The number of guanidine groups is 1. The largest absolute Gasteiger partial charge is 0.370 e. The zero-order chi connectivity index (χ0) is 26.0.